The van der Waals surface area contributed by atoms with Gasteiger partial charge in [0.25, 0.3) is 0 Å². The van der Waals surface area contributed by atoms with Gasteiger partial charge >= 0.3 is 0 Å². The third-order valence-corrected chi connectivity index (χ3v) is 6.56. The van der Waals surface area contributed by atoms with Crippen LogP contribution in [0.5, 0.6) is 11.5 Å². The molecule has 1 saturated carbocycles. The summed E-state index contributed by atoms with van der Waals surface area (Å²) in [6.07, 6.45) is 5.99. The molecule has 4 unspecified atom stereocenters. The normalized spacial score (nSPS) is 27.5. The zero-order chi connectivity index (χ0) is 20.7. The second-order valence-corrected chi connectivity index (χ2v) is 8.19. The molecule has 2 N–H and O–H groups in total. The lowest BCUT2D eigenvalue weighted by Gasteiger charge is -2.18. The predicted octanol–water partition coefficient (Wildman–Crippen LogP) is 1.55. The number of imide groups is 1. The van der Waals surface area contributed by atoms with Gasteiger partial charge in [-0.05, 0) is 42.4 Å². The zero-order valence-corrected chi connectivity index (χ0v) is 19.7. The fraction of sp³-hybridized carbons (Fsp3) is 0.500. The van der Waals surface area contributed by atoms with Crippen LogP contribution in [-0.4, -0.2) is 56.1 Å². The maximum absolute atomic E-state index is 12.7. The van der Waals surface area contributed by atoms with Gasteiger partial charge in [-0.1, -0.05) is 18.2 Å². The summed E-state index contributed by atoms with van der Waals surface area (Å²) in [6.45, 7) is 1.81. The van der Waals surface area contributed by atoms with E-state index in [2.05, 4.69) is 27.8 Å². The lowest BCUT2D eigenvalue weighted by molar-refractivity contribution is -0.140. The van der Waals surface area contributed by atoms with Crippen LogP contribution in [-0.2, 0) is 16.0 Å². The predicted molar refractivity (Wildman–Crippen MR) is 125 cm³/mol. The summed E-state index contributed by atoms with van der Waals surface area (Å²) in [4.78, 5) is 31.1. The van der Waals surface area contributed by atoms with Crippen molar-refractivity contribution in [3.05, 3.63) is 35.9 Å². The highest BCUT2D eigenvalue weighted by Crippen LogP contribution is 2.52. The van der Waals surface area contributed by atoms with Crippen molar-refractivity contribution in [2.45, 2.75) is 12.8 Å². The Hall–Kier alpha value is -2.30. The summed E-state index contributed by atoms with van der Waals surface area (Å²) in [7, 11) is 1.70. The van der Waals surface area contributed by atoms with Crippen molar-refractivity contribution in [2.24, 2.45) is 28.7 Å². The lowest BCUT2D eigenvalue weighted by atomic mass is 9.85. The van der Waals surface area contributed by atoms with E-state index in [9.17, 15) is 9.59 Å². The Morgan fingerprint density at radius 1 is 1.06 bits per heavy atom. The molecule has 1 saturated heterocycles. The Balaban J connectivity index is 0.00000231. The molecule has 2 bridgehead atoms. The van der Waals surface area contributed by atoms with Gasteiger partial charge in [-0.3, -0.25) is 19.5 Å². The molecule has 4 atom stereocenters. The van der Waals surface area contributed by atoms with Crippen LogP contribution in [0, 0.1) is 23.7 Å². The summed E-state index contributed by atoms with van der Waals surface area (Å²) < 4.78 is 10.7. The van der Waals surface area contributed by atoms with E-state index in [4.69, 9.17) is 9.47 Å². The number of benzene rings is 1. The summed E-state index contributed by atoms with van der Waals surface area (Å²) in [6, 6.07) is 5.93. The molecule has 9 heteroatoms. The number of carbonyl (C=O) groups is 2. The lowest BCUT2D eigenvalue weighted by Crippen LogP contribution is -2.44. The maximum atomic E-state index is 12.7. The molecule has 0 radical (unpaired) electrons. The molecular weight excluding hydrogens is 511 g/mol. The number of ether oxygens (including phenoxy) is 2. The topological polar surface area (TPSA) is 92.3 Å². The third kappa shape index (κ3) is 3.99. The molecule has 5 rings (SSSR count). The molecule has 2 amide bonds. The average Bonchev–Trinajstić information content (AvgIpc) is 3.52. The van der Waals surface area contributed by atoms with E-state index in [1.807, 2.05) is 18.2 Å². The molecule has 0 spiro atoms. The number of allylic oxidation sites excluding steroid dienone is 2. The molecule has 2 heterocycles. The van der Waals surface area contributed by atoms with Crippen molar-refractivity contribution < 1.29 is 19.1 Å². The molecule has 8 nitrogen and oxygen atoms in total. The number of hydrogen-bond donors (Lipinski definition) is 2. The number of guanidine groups is 1. The van der Waals surface area contributed by atoms with Crippen LogP contribution in [0.2, 0.25) is 0 Å². The minimum absolute atomic E-state index is 0. The van der Waals surface area contributed by atoms with Gasteiger partial charge in [-0.15, -0.1) is 24.0 Å². The molecule has 166 valence electrons. The largest absolute Gasteiger partial charge is 0.454 e. The van der Waals surface area contributed by atoms with Crippen molar-refractivity contribution in [2.75, 3.05) is 33.5 Å². The minimum Gasteiger partial charge on any atom is -0.454 e. The second-order valence-electron chi connectivity index (χ2n) is 8.19. The Bertz CT molecular complexity index is 904. The van der Waals surface area contributed by atoms with Crippen molar-refractivity contribution >= 4 is 41.8 Å². The third-order valence-electron chi connectivity index (χ3n) is 6.56. The molecule has 2 aliphatic heterocycles. The molecule has 4 aliphatic rings. The first kappa shape index (κ1) is 21.9. The van der Waals surface area contributed by atoms with Crippen LogP contribution < -0.4 is 20.1 Å². The van der Waals surface area contributed by atoms with Crippen LogP contribution in [0.4, 0.5) is 0 Å². The monoisotopic (exact) mass is 538 g/mol. The Morgan fingerprint density at radius 2 is 1.74 bits per heavy atom. The Morgan fingerprint density at radius 3 is 2.45 bits per heavy atom. The number of likely N-dealkylation sites (tertiary alicyclic amines) is 1. The molecule has 31 heavy (non-hydrogen) atoms. The number of nitrogens with zero attached hydrogens (tertiary/aromatic N) is 2. The van der Waals surface area contributed by atoms with Crippen LogP contribution in [0.25, 0.3) is 0 Å². The number of amides is 2. The van der Waals surface area contributed by atoms with Crippen molar-refractivity contribution in [3.63, 3.8) is 0 Å². The molecule has 2 aliphatic carbocycles. The number of carbonyl (C=O) groups excluding carboxylic acids is 2. The van der Waals surface area contributed by atoms with E-state index in [0.29, 0.717) is 25.6 Å². The highest BCUT2D eigenvalue weighted by molar-refractivity contribution is 14.0. The van der Waals surface area contributed by atoms with Gasteiger partial charge in [0.05, 0.1) is 11.8 Å². The van der Waals surface area contributed by atoms with Gasteiger partial charge in [0.1, 0.15) is 0 Å². The van der Waals surface area contributed by atoms with Crippen molar-refractivity contribution in [1.29, 1.82) is 0 Å². The fourth-order valence-electron chi connectivity index (χ4n) is 5.11. The number of hydrogen-bond acceptors (Lipinski definition) is 5. The van der Waals surface area contributed by atoms with E-state index < -0.39 is 0 Å². The number of fused-ring (bicyclic) bond motifs is 6. The van der Waals surface area contributed by atoms with E-state index in [1.165, 1.54) is 4.90 Å². The quantitative estimate of drug-likeness (QED) is 0.188. The molecule has 0 aromatic heterocycles. The Labute approximate surface area is 198 Å². The average molecular weight is 538 g/mol. The zero-order valence-electron chi connectivity index (χ0n) is 17.4. The van der Waals surface area contributed by atoms with Crippen molar-refractivity contribution in [1.82, 2.24) is 15.5 Å². The standard InChI is InChI=1S/C22H26N4O4.HI/c1-23-22(24-7-6-13-2-5-16-17(10-13)30-12-29-16)25-8-9-26-20(27)18-14-3-4-15(11-14)19(18)21(26)28;/h2-5,10,14-15,18-19H,6-9,11-12H2,1H3,(H2,23,24,25);1H. The van der Waals surface area contributed by atoms with Crippen molar-refractivity contribution in [3.8, 4) is 11.5 Å². The first-order valence-electron chi connectivity index (χ1n) is 10.5. The smallest absolute Gasteiger partial charge is 0.233 e. The van der Waals surface area contributed by atoms with E-state index >= 15 is 0 Å². The Kier molecular flexibility index (Phi) is 6.40. The van der Waals surface area contributed by atoms with Crippen LogP contribution >= 0.6 is 24.0 Å². The molecule has 1 aromatic rings. The molecule has 2 fully saturated rings. The first-order chi connectivity index (χ1) is 14.7. The van der Waals surface area contributed by atoms with Gasteiger partial charge in [0.15, 0.2) is 17.5 Å². The minimum atomic E-state index is -0.133. The van der Waals surface area contributed by atoms with E-state index in [0.717, 1.165) is 29.9 Å². The summed E-state index contributed by atoms with van der Waals surface area (Å²) in [5.41, 5.74) is 1.14. The summed E-state index contributed by atoms with van der Waals surface area (Å²) in [5, 5.41) is 6.47. The van der Waals surface area contributed by atoms with Gasteiger partial charge in [-0.2, -0.15) is 0 Å². The number of aliphatic imine (C=N–C) groups is 1. The molecule has 1 aromatic carbocycles. The molecular formula is C22H27IN4O4. The summed E-state index contributed by atoms with van der Waals surface area (Å²) in [5.74, 6) is 2.44. The SMILES string of the molecule is CN=C(NCCc1ccc2c(c1)OCO2)NCCN1C(=O)C2C3C=CC(C3)C2C1=O.I. The maximum Gasteiger partial charge on any atom is 0.233 e. The van der Waals surface area contributed by atoms with Gasteiger partial charge in [0, 0.05) is 26.7 Å². The number of rotatable bonds is 6. The van der Waals surface area contributed by atoms with Gasteiger partial charge < -0.3 is 20.1 Å². The highest BCUT2D eigenvalue weighted by Gasteiger charge is 2.58. The summed E-state index contributed by atoms with van der Waals surface area (Å²) >= 11 is 0. The van der Waals surface area contributed by atoms with Crippen LogP contribution in [0.1, 0.15) is 12.0 Å². The first-order valence-corrected chi connectivity index (χ1v) is 10.5. The van der Waals surface area contributed by atoms with E-state index in [-0.39, 0.29) is 66.3 Å². The van der Waals surface area contributed by atoms with Crippen LogP contribution in [0.15, 0.2) is 35.3 Å². The number of nitrogens with one attached hydrogen (secondary N) is 2. The highest BCUT2D eigenvalue weighted by atomic mass is 127. The van der Waals surface area contributed by atoms with E-state index in [1.54, 1.807) is 7.05 Å². The van der Waals surface area contributed by atoms with Gasteiger partial charge in [0.2, 0.25) is 18.6 Å². The second kappa shape index (κ2) is 9.05. The van der Waals surface area contributed by atoms with Gasteiger partial charge in [-0.25, -0.2) is 0 Å². The fourth-order valence-corrected chi connectivity index (χ4v) is 5.11. The van der Waals surface area contributed by atoms with Crippen LogP contribution in [0.3, 0.4) is 0 Å². The number of halogens is 1.